The van der Waals surface area contributed by atoms with Gasteiger partial charge in [0.25, 0.3) is 5.91 Å². The molecule has 1 saturated carbocycles. The average Bonchev–Trinajstić information content (AvgIpc) is 3.27. The number of amides is 2. The Bertz CT molecular complexity index is 1130. The third-order valence-electron chi connectivity index (χ3n) is 6.82. The fourth-order valence-corrected chi connectivity index (χ4v) is 4.94. The molecule has 1 aliphatic carbocycles. The second-order valence-corrected chi connectivity index (χ2v) is 9.33. The average molecular weight is 466 g/mol. The molecular formula is C25H31N5O4. The van der Waals surface area contributed by atoms with Crippen molar-refractivity contribution in [2.45, 2.75) is 63.1 Å². The zero-order chi connectivity index (χ0) is 24.3. The van der Waals surface area contributed by atoms with Crippen LogP contribution < -0.4 is 21.1 Å². The molecule has 0 bridgehead atoms. The van der Waals surface area contributed by atoms with Gasteiger partial charge < -0.3 is 25.1 Å². The number of nitrogens with zero attached hydrogens (tertiary/aromatic N) is 2. The zero-order valence-corrected chi connectivity index (χ0v) is 19.4. The van der Waals surface area contributed by atoms with Crippen LogP contribution in [0.25, 0.3) is 10.9 Å². The molecule has 2 aliphatic rings. The Morgan fingerprint density at radius 3 is 2.85 bits per heavy atom. The fraction of sp³-hybridized carbons (Fsp3) is 0.520. The number of fused-ring (bicyclic) bond motifs is 1. The summed E-state index contributed by atoms with van der Waals surface area (Å²) in [6.07, 6.45) is 4.86. The van der Waals surface area contributed by atoms with Crippen LogP contribution in [-0.4, -0.2) is 47.4 Å². The van der Waals surface area contributed by atoms with Gasteiger partial charge in [0.05, 0.1) is 30.3 Å². The monoisotopic (exact) mass is 465 g/mol. The highest BCUT2D eigenvalue weighted by atomic mass is 16.5. The van der Waals surface area contributed by atoms with E-state index in [1.165, 1.54) is 0 Å². The van der Waals surface area contributed by atoms with Gasteiger partial charge in [0.15, 0.2) is 0 Å². The lowest BCUT2D eigenvalue weighted by molar-refractivity contribution is -0.122. The summed E-state index contributed by atoms with van der Waals surface area (Å²) in [6, 6.07) is 8.34. The van der Waals surface area contributed by atoms with Crippen LogP contribution >= 0.6 is 0 Å². The van der Waals surface area contributed by atoms with Gasteiger partial charge in [-0.05, 0) is 56.7 Å². The first-order valence-electron chi connectivity index (χ1n) is 11.9. The highest BCUT2D eigenvalue weighted by molar-refractivity contribution is 6.00. The van der Waals surface area contributed by atoms with E-state index in [2.05, 4.69) is 16.7 Å². The smallest absolute Gasteiger partial charge is 0.265 e. The summed E-state index contributed by atoms with van der Waals surface area (Å²) in [4.78, 5) is 36.6. The summed E-state index contributed by atoms with van der Waals surface area (Å²) >= 11 is 0. The number of hydrogen-bond acceptors (Lipinski definition) is 6. The Morgan fingerprint density at radius 1 is 1.47 bits per heavy atom. The van der Waals surface area contributed by atoms with E-state index in [-0.39, 0.29) is 17.5 Å². The lowest BCUT2D eigenvalue weighted by Gasteiger charge is -2.26. The van der Waals surface area contributed by atoms with Crippen molar-refractivity contribution >= 4 is 29.0 Å². The van der Waals surface area contributed by atoms with E-state index >= 15 is 0 Å². The second-order valence-electron chi connectivity index (χ2n) is 9.33. The molecule has 9 nitrogen and oxygen atoms in total. The highest BCUT2D eigenvalue weighted by Gasteiger charge is 2.46. The minimum Gasteiger partial charge on any atom is -0.493 e. The number of hydrogen-bond donors (Lipinski definition) is 3. The SMILES string of the molecule is CCCOc1cccc2c1cc(C(N)=O)n2[C@H](C=O)CC1(N[C@H](C#N)C[C@@H]2CCNC2=O)CC1. The molecule has 0 radical (unpaired) electrons. The number of carbonyl (C=O) groups is 3. The van der Waals surface area contributed by atoms with Crippen LogP contribution in [0.2, 0.25) is 0 Å². The number of benzene rings is 1. The molecule has 4 rings (SSSR count). The van der Waals surface area contributed by atoms with Gasteiger partial charge in [-0.1, -0.05) is 13.0 Å². The van der Waals surface area contributed by atoms with Crippen molar-refractivity contribution in [2.24, 2.45) is 11.7 Å². The number of nitrogens with two attached hydrogens (primary N) is 1. The molecule has 2 amide bonds. The summed E-state index contributed by atoms with van der Waals surface area (Å²) in [7, 11) is 0. The Kier molecular flexibility index (Phi) is 6.89. The van der Waals surface area contributed by atoms with Crippen molar-refractivity contribution in [2.75, 3.05) is 13.2 Å². The molecule has 2 aromatic rings. The Labute approximate surface area is 198 Å². The zero-order valence-electron chi connectivity index (χ0n) is 19.4. The molecule has 0 spiro atoms. The molecule has 9 heteroatoms. The van der Waals surface area contributed by atoms with E-state index in [9.17, 15) is 19.6 Å². The van der Waals surface area contributed by atoms with E-state index in [0.717, 1.165) is 37.4 Å². The maximum atomic E-state index is 12.3. The van der Waals surface area contributed by atoms with Crippen LogP contribution in [0.3, 0.4) is 0 Å². The maximum Gasteiger partial charge on any atom is 0.265 e. The lowest BCUT2D eigenvalue weighted by Crippen LogP contribution is -2.43. The maximum absolute atomic E-state index is 12.3. The molecule has 180 valence electrons. The number of rotatable bonds is 12. The van der Waals surface area contributed by atoms with Crippen molar-refractivity contribution < 1.29 is 19.1 Å². The molecule has 34 heavy (non-hydrogen) atoms. The molecule has 2 heterocycles. The predicted octanol–water partition coefficient (Wildman–Crippen LogP) is 2.20. The van der Waals surface area contributed by atoms with E-state index in [1.807, 2.05) is 25.1 Å². The Morgan fingerprint density at radius 2 is 2.26 bits per heavy atom. The van der Waals surface area contributed by atoms with Gasteiger partial charge >= 0.3 is 0 Å². The van der Waals surface area contributed by atoms with Crippen molar-refractivity contribution in [3.63, 3.8) is 0 Å². The molecule has 2 fully saturated rings. The first-order valence-corrected chi connectivity index (χ1v) is 11.9. The van der Waals surface area contributed by atoms with Gasteiger partial charge in [0, 0.05) is 23.4 Å². The van der Waals surface area contributed by atoms with Gasteiger partial charge in [-0.3, -0.25) is 14.9 Å². The summed E-state index contributed by atoms with van der Waals surface area (Å²) in [5, 5.41) is 16.7. The largest absolute Gasteiger partial charge is 0.493 e. The summed E-state index contributed by atoms with van der Waals surface area (Å²) in [5.41, 5.74) is 6.24. The van der Waals surface area contributed by atoms with Crippen LogP contribution in [0.5, 0.6) is 5.75 Å². The van der Waals surface area contributed by atoms with Crippen LogP contribution in [0.15, 0.2) is 24.3 Å². The third kappa shape index (κ3) is 4.77. The van der Waals surface area contributed by atoms with Crippen molar-refractivity contribution in [1.82, 2.24) is 15.2 Å². The van der Waals surface area contributed by atoms with E-state index in [1.54, 1.807) is 10.6 Å². The lowest BCUT2D eigenvalue weighted by atomic mass is 9.97. The molecule has 4 N–H and O–H groups in total. The predicted molar refractivity (Wildman–Crippen MR) is 126 cm³/mol. The number of primary amides is 1. The van der Waals surface area contributed by atoms with Crippen molar-refractivity contribution in [3.05, 3.63) is 30.0 Å². The minimum absolute atomic E-state index is 0.0105. The Hall–Kier alpha value is -3.38. The topological polar surface area (TPSA) is 139 Å². The van der Waals surface area contributed by atoms with Crippen LogP contribution in [-0.2, 0) is 9.59 Å². The molecule has 3 atom stereocenters. The number of nitriles is 1. The van der Waals surface area contributed by atoms with E-state index in [0.29, 0.717) is 37.3 Å². The quantitative estimate of drug-likeness (QED) is 0.411. The summed E-state index contributed by atoms with van der Waals surface area (Å²) < 4.78 is 7.54. The molecule has 1 aliphatic heterocycles. The number of aldehydes is 1. The van der Waals surface area contributed by atoms with Crippen LogP contribution in [0, 0.1) is 17.2 Å². The fourth-order valence-electron chi connectivity index (χ4n) is 4.94. The highest BCUT2D eigenvalue weighted by Crippen LogP contribution is 2.44. The molecular weight excluding hydrogens is 434 g/mol. The summed E-state index contributed by atoms with van der Waals surface area (Å²) in [6.45, 7) is 3.19. The number of nitrogens with one attached hydrogen (secondary N) is 2. The minimum atomic E-state index is -0.648. The van der Waals surface area contributed by atoms with E-state index in [4.69, 9.17) is 10.5 Å². The van der Waals surface area contributed by atoms with E-state index < -0.39 is 23.5 Å². The standard InChI is InChI=1S/C25H31N5O4/c1-2-10-34-22-5-3-4-20-19(22)12-21(23(27)32)30(20)18(15-31)13-25(7-8-25)29-17(14-26)11-16-6-9-28-24(16)33/h3-5,12,15-18,29H,2,6-11,13H2,1H3,(H2,27,32)(H,28,33)/t16-,17-,18-/m0/s1. The molecule has 1 saturated heterocycles. The summed E-state index contributed by atoms with van der Waals surface area (Å²) in [5.74, 6) is -0.164. The van der Waals surface area contributed by atoms with Gasteiger partial charge in [-0.2, -0.15) is 5.26 Å². The van der Waals surface area contributed by atoms with Gasteiger partial charge in [-0.25, -0.2) is 0 Å². The third-order valence-corrected chi connectivity index (χ3v) is 6.82. The van der Waals surface area contributed by atoms with Crippen LogP contribution in [0.4, 0.5) is 0 Å². The molecule has 0 unspecified atom stereocenters. The second kappa shape index (κ2) is 9.85. The van der Waals surface area contributed by atoms with Gasteiger partial charge in [-0.15, -0.1) is 0 Å². The first kappa shape index (κ1) is 23.8. The van der Waals surface area contributed by atoms with Gasteiger partial charge in [0.1, 0.15) is 17.7 Å². The Balaban J connectivity index is 1.59. The normalized spacial score (nSPS) is 20.4. The molecule has 1 aromatic carbocycles. The van der Waals surface area contributed by atoms with Crippen molar-refractivity contribution in [3.8, 4) is 11.8 Å². The van der Waals surface area contributed by atoms with Crippen molar-refractivity contribution in [1.29, 1.82) is 5.26 Å². The van der Waals surface area contributed by atoms with Crippen LogP contribution in [0.1, 0.15) is 62.0 Å². The number of carbonyl (C=O) groups excluding carboxylic acids is 3. The number of aromatic nitrogens is 1. The molecule has 1 aromatic heterocycles. The number of ether oxygens (including phenoxy) is 1. The first-order chi connectivity index (χ1) is 16.4. The van der Waals surface area contributed by atoms with Gasteiger partial charge in [0.2, 0.25) is 5.91 Å².